The molecule has 0 atom stereocenters. The van der Waals surface area contributed by atoms with E-state index in [1.165, 1.54) is 0 Å². The summed E-state index contributed by atoms with van der Waals surface area (Å²) in [6, 6.07) is 5.82. The molecule has 1 aliphatic heterocycles. The van der Waals surface area contributed by atoms with Crippen molar-refractivity contribution in [3.63, 3.8) is 0 Å². The molecule has 2 rings (SSSR count). The van der Waals surface area contributed by atoms with Crippen molar-refractivity contribution in [2.75, 3.05) is 13.7 Å². The van der Waals surface area contributed by atoms with E-state index in [0.29, 0.717) is 23.7 Å². The Hall–Kier alpha value is -1.47. The molecule has 1 aromatic rings. The fourth-order valence-electron chi connectivity index (χ4n) is 1.45. The van der Waals surface area contributed by atoms with Gasteiger partial charge >= 0.3 is 0 Å². The molecule has 3 nitrogen and oxygen atoms in total. The van der Waals surface area contributed by atoms with Crippen molar-refractivity contribution in [2.24, 2.45) is 0 Å². The molecule has 0 spiro atoms. The van der Waals surface area contributed by atoms with Crippen molar-refractivity contribution in [3.8, 4) is 17.6 Å². The van der Waals surface area contributed by atoms with Gasteiger partial charge in [0.2, 0.25) is 0 Å². The van der Waals surface area contributed by atoms with Gasteiger partial charge in [-0.05, 0) is 18.2 Å². The van der Waals surface area contributed by atoms with Crippen molar-refractivity contribution in [3.05, 3.63) is 27.7 Å². The Balaban J connectivity index is 2.58. The number of rotatable bonds is 1. The summed E-state index contributed by atoms with van der Waals surface area (Å²) in [7, 11) is 1.59. The Morgan fingerprint density at radius 1 is 1.53 bits per heavy atom. The average molecular weight is 266 g/mol. The zero-order valence-corrected chi connectivity index (χ0v) is 9.67. The summed E-state index contributed by atoms with van der Waals surface area (Å²) in [6.45, 7) is 0.307. The zero-order valence-electron chi connectivity index (χ0n) is 8.08. The number of nitriles is 1. The predicted molar refractivity (Wildman–Crippen MR) is 59.8 cm³/mol. The van der Waals surface area contributed by atoms with E-state index in [9.17, 15) is 0 Å². The molecular formula is C11H8BrNO2. The molecule has 0 amide bonds. The molecule has 0 aliphatic carbocycles. The normalized spacial score (nSPS) is 13.3. The largest absolute Gasteiger partial charge is 0.493 e. The molecule has 1 heterocycles. The van der Waals surface area contributed by atoms with Gasteiger partial charge in [-0.15, -0.1) is 0 Å². The van der Waals surface area contributed by atoms with E-state index >= 15 is 0 Å². The minimum Gasteiger partial charge on any atom is -0.493 e. The summed E-state index contributed by atoms with van der Waals surface area (Å²) in [5.74, 6) is 1.37. The summed E-state index contributed by atoms with van der Waals surface area (Å²) in [5, 5.41) is 8.77. The van der Waals surface area contributed by atoms with Crippen LogP contribution in [-0.2, 0) is 0 Å². The van der Waals surface area contributed by atoms with Gasteiger partial charge in [0.15, 0.2) is 11.5 Å². The van der Waals surface area contributed by atoms with E-state index in [1.807, 2.05) is 18.2 Å². The second kappa shape index (κ2) is 3.95. The van der Waals surface area contributed by atoms with E-state index in [0.717, 1.165) is 10.0 Å². The van der Waals surface area contributed by atoms with Gasteiger partial charge in [0.25, 0.3) is 0 Å². The number of fused-ring (bicyclic) bond motifs is 1. The first-order chi connectivity index (χ1) is 7.24. The highest BCUT2D eigenvalue weighted by atomic mass is 79.9. The Bertz CT molecular complexity index is 474. The summed E-state index contributed by atoms with van der Waals surface area (Å²) in [4.78, 5) is 0. The highest BCUT2D eigenvalue weighted by Gasteiger charge is 2.16. The Labute approximate surface area is 96.0 Å². The highest BCUT2D eigenvalue weighted by molar-refractivity contribution is 9.10. The van der Waals surface area contributed by atoms with Crippen LogP contribution in [0.25, 0.3) is 6.08 Å². The van der Waals surface area contributed by atoms with Crippen molar-refractivity contribution >= 4 is 22.0 Å². The molecular weight excluding hydrogens is 258 g/mol. The molecule has 0 bridgehead atoms. The number of methoxy groups -OCH3 is 1. The molecule has 1 aliphatic rings. The van der Waals surface area contributed by atoms with Gasteiger partial charge in [-0.25, -0.2) is 0 Å². The third kappa shape index (κ3) is 1.83. The van der Waals surface area contributed by atoms with Crippen molar-refractivity contribution < 1.29 is 9.47 Å². The lowest BCUT2D eigenvalue weighted by atomic mass is 10.1. The van der Waals surface area contributed by atoms with E-state index in [4.69, 9.17) is 14.7 Å². The number of hydrogen-bond acceptors (Lipinski definition) is 3. The Kier molecular flexibility index (Phi) is 2.65. The third-order valence-electron chi connectivity index (χ3n) is 2.11. The smallest absolute Gasteiger partial charge is 0.169 e. The number of ether oxygens (including phenoxy) is 2. The summed E-state index contributed by atoms with van der Waals surface area (Å²) >= 11 is 3.38. The predicted octanol–water partition coefficient (Wildman–Crippen LogP) is 2.76. The van der Waals surface area contributed by atoms with Gasteiger partial charge in [-0.2, -0.15) is 5.26 Å². The van der Waals surface area contributed by atoms with Crippen LogP contribution in [-0.4, -0.2) is 13.7 Å². The van der Waals surface area contributed by atoms with Crippen molar-refractivity contribution in [1.82, 2.24) is 0 Å². The number of hydrogen-bond donors (Lipinski definition) is 0. The van der Waals surface area contributed by atoms with Gasteiger partial charge in [0.1, 0.15) is 6.61 Å². The topological polar surface area (TPSA) is 42.2 Å². The lowest BCUT2D eigenvalue weighted by Gasteiger charge is -2.17. The zero-order chi connectivity index (χ0) is 10.8. The van der Waals surface area contributed by atoms with Crippen LogP contribution in [0.15, 0.2) is 22.2 Å². The second-order valence-electron chi connectivity index (χ2n) is 3.10. The molecule has 0 saturated carbocycles. The Morgan fingerprint density at radius 3 is 3.00 bits per heavy atom. The van der Waals surface area contributed by atoms with Crippen LogP contribution in [0.5, 0.6) is 11.5 Å². The molecule has 0 saturated heterocycles. The minimum absolute atomic E-state index is 0.307. The first kappa shape index (κ1) is 10.1. The quantitative estimate of drug-likeness (QED) is 0.784. The fourth-order valence-corrected chi connectivity index (χ4v) is 1.90. The molecule has 15 heavy (non-hydrogen) atoms. The molecule has 0 aromatic heterocycles. The van der Waals surface area contributed by atoms with Crippen LogP contribution in [0.3, 0.4) is 0 Å². The van der Waals surface area contributed by atoms with Crippen molar-refractivity contribution in [2.45, 2.75) is 0 Å². The number of nitrogens with zero attached hydrogens (tertiary/aromatic N) is 1. The fraction of sp³-hybridized carbons (Fsp3) is 0.182. The average Bonchev–Trinajstić information content (AvgIpc) is 2.26. The van der Waals surface area contributed by atoms with E-state index in [1.54, 1.807) is 7.11 Å². The van der Waals surface area contributed by atoms with E-state index in [-0.39, 0.29) is 0 Å². The summed E-state index contributed by atoms with van der Waals surface area (Å²) in [5.41, 5.74) is 1.48. The first-order valence-electron chi connectivity index (χ1n) is 4.35. The van der Waals surface area contributed by atoms with Gasteiger partial charge in [-0.1, -0.05) is 15.9 Å². The monoisotopic (exact) mass is 265 g/mol. The van der Waals surface area contributed by atoms with E-state index < -0.39 is 0 Å². The molecule has 4 heteroatoms. The van der Waals surface area contributed by atoms with Crippen LogP contribution < -0.4 is 9.47 Å². The van der Waals surface area contributed by atoms with Crippen LogP contribution >= 0.6 is 15.9 Å². The number of halogens is 1. The SMILES string of the molecule is COc1cc(Br)cc2c1OCC(C#N)=C2. The summed E-state index contributed by atoms with van der Waals surface area (Å²) in [6.07, 6.45) is 1.81. The maximum absolute atomic E-state index is 8.77. The van der Waals surface area contributed by atoms with Gasteiger partial charge in [0, 0.05) is 10.0 Å². The molecule has 0 radical (unpaired) electrons. The van der Waals surface area contributed by atoms with Gasteiger partial charge in [-0.3, -0.25) is 0 Å². The second-order valence-corrected chi connectivity index (χ2v) is 4.01. The Morgan fingerprint density at radius 2 is 2.33 bits per heavy atom. The molecule has 1 aromatic carbocycles. The van der Waals surface area contributed by atoms with E-state index in [2.05, 4.69) is 22.0 Å². The molecule has 0 fully saturated rings. The standard InChI is InChI=1S/C11H8BrNO2/c1-14-10-4-9(12)3-8-2-7(5-13)6-15-11(8)10/h2-4H,6H2,1H3. The van der Waals surface area contributed by atoms with Gasteiger partial charge in [0.05, 0.1) is 18.8 Å². The molecule has 0 unspecified atom stereocenters. The maximum atomic E-state index is 8.77. The molecule has 0 N–H and O–H groups in total. The number of benzene rings is 1. The van der Waals surface area contributed by atoms with Crippen LogP contribution in [0, 0.1) is 11.3 Å². The highest BCUT2D eigenvalue weighted by Crippen LogP contribution is 2.38. The minimum atomic E-state index is 0.307. The third-order valence-corrected chi connectivity index (χ3v) is 2.57. The lowest BCUT2D eigenvalue weighted by molar-refractivity contribution is 0.318. The lowest BCUT2D eigenvalue weighted by Crippen LogP contribution is -2.07. The van der Waals surface area contributed by atoms with Crippen LogP contribution in [0.2, 0.25) is 0 Å². The summed E-state index contributed by atoms with van der Waals surface area (Å²) < 4.78 is 11.6. The molecule has 76 valence electrons. The van der Waals surface area contributed by atoms with Crippen molar-refractivity contribution in [1.29, 1.82) is 5.26 Å². The maximum Gasteiger partial charge on any atom is 0.169 e. The van der Waals surface area contributed by atoms with Gasteiger partial charge < -0.3 is 9.47 Å². The van der Waals surface area contributed by atoms with Crippen LogP contribution in [0.4, 0.5) is 0 Å². The first-order valence-corrected chi connectivity index (χ1v) is 5.15. The van der Waals surface area contributed by atoms with Crippen LogP contribution in [0.1, 0.15) is 5.56 Å².